The molecule has 1 aliphatic heterocycles. The molecular weight excluding hydrogens is 356 g/mol. The highest BCUT2D eigenvalue weighted by atomic mass is 79.9. The fourth-order valence-electron chi connectivity index (χ4n) is 1.77. The number of rotatable bonds is 2. The van der Waals surface area contributed by atoms with Crippen molar-refractivity contribution in [3.05, 3.63) is 27.7 Å². The lowest BCUT2D eigenvalue weighted by Crippen LogP contribution is -2.34. The van der Waals surface area contributed by atoms with E-state index in [4.69, 9.17) is 11.6 Å². The number of sulfonamides is 1. The van der Waals surface area contributed by atoms with Crippen molar-refractivity contribution in [1.29, 1.82) is 0 Å². The van der Waals surface area contributed by atoms with Gasteiger partial charge in [0.1, 0.15) is 0 Å². The van der Waals surface area contributed by atoms with E-state index in [2.05, 4.69) is 21.2 Å². The van der Waals surface area contributed by atoms with Crippen LogP contribution in [0.5, 0.6) is 0 Å². The first-order chi connectivity index (χ1) is 8.91. The number of amides is 1. The van der Waals surface area contributed by atoms with Gasteiger partial charge >= 0.3 is 0 Å². The zero-order chi connectivity index (χ0) is 14.0. The maximum atomic E-state index is 12.4. The van der Waals surface area contributed by atoms with Crippen molar-refractivity contribution in [2.24, 2.45) is 0 Å². The molecule has 1 aromatic carbocycles. The van der Waals surface area contributed by atoms with Crippen LogP contribution < -0.4 is 5.32 Å². The van der Waals surface area contributed by atoms with Crippen molar-refractivity contribution >= 4 is 43.5 Å². The van der Waals surface area contributed by atoms with Gasteiger partial charge in [-0.15, -0.1) is 0 Å². The SMILES string of the molecule is O=C1CCN(S(=O)(=O)c2ccc(Cl)c(Br)c2)CCN1. The van der Waals surface area contributed by atoms with E-state index in [1.165, 1.54) is 22.5 Å². The van der Waals surface area contributed by atoms with Crippen LogP contribution in [0.3, 0.4) is 0 Å². The first-order valence-electron chi connectivity index (χ1n) is 5.63. The Labute approximate surface area is 125 Å². The number of hydrogen-bond acceptors (Lipinski definition) is 3. The summed E-state index contributed by atoms with van der Waals surface area (Å²) in [6.07, 6.45) is 0.175. The molecule has 0 bridgehead atoms. The minimum atomic E-state index is -3.60. The molecule has 0 unspecified atom stereocenters. The molecule has 0 atom stereocenters. The van der Waals surface area contributed by atoms with Gasteiger partial charge in [-0.3, -0.25) is 4.79 Å². The van der Waals surface area contributed by atoms with Crippen LogP contribution >= 0.6 is 27.5 Å². The number of hydrogen-bond donors (Lipinski definition) is 1. The quantitative estimate of drug-likeness (QED) is 0.863. The van der Waals surface area contributed by atoms with Crippen molar-refractivity contribution in [1.82, 2.24) is 9.62 Å². The number of nitrogens with zero attached hydrogens (tertiary/aromatic N) is 1. The summed E-state index contributed by atoms with van der Waals surface area (Å²) in [4.78, 5) is 11.4. The number of benzene rings is 1. The maximum Gasteiger partial charge on any atom is 0.243 e. The Bertz CT molecular complexity index is 606. The summed E-state index contributed by atoms with van der Waals surface area (Å²) in [5, 5.41) is 3.09. The smallest absolute Gasteiger partial charge is 0.243 e. The first-order valence-corrected chi connectivity index (χ1v) is 8.24. The van der Waals surface area contributed by atoms with E-state index < -0.39 is 10.0 Å². The molecule has 8 heteroatoms. The lowest BCUT2D eigenvalue weighted by Gasteiger charge is -2.19. The molecule has 1 saturated heterocycles. The molecule has 1 fully saturated rings. The predicted molar refractivity (Wildman–Crippen MR) is 75.5 cm³/mol. The van der Waals surface area contributed by atoms with Crippen LogP contribution in [0.4, 0.5) is 0 Å². The molecular formula is C11H12BrClN2O3S. The van der Waals surface area contributed by atoms with Crippen molar-refractivity contribution in [2.45, 2.75) is 11.3 Å². The van der Waals surface area contributed by atoms with Gasteiger partial charge in [-0.1, -0.05) is 11.6 Å². The van der Waals surface area contributed by atoms with E-state index in [-0.39, 0.29) is 30.3 Å². The van der Waals surface area contributed by atoms with Gasteiger partial charge in [-0.2, -0.15) is 4.31 Å². The summed E-state index contributed by atoms with van der Waals surface area (Å²) in [6.45, 7) is 0.787. The molecule has 1 aliphatic rings. The summed E-state index contributed by atoms with van der Waals surface area (Å²) in [5.41, 5.74) is 0. The van der Waals surface area contributed by atoms with Crippen molar-refractivity contribution < 1.29 is 13.2 Å². The molecule has 0 spiro atoms. The molecule has 1 aromatic rings. The van der Waals surface area contributed by atoms with Gasteiger partial charge in [0.25, 0.3) is 0 Å². The van der Waals surface area contributed by atoms with Gasteiger partial charge in [0.05, 0.1) is 9.92 Å². The van der Waals surface area contributed by atoms with Gasteiger partial charge in [-0.05, 0) is 34.1 Å². The molecule has 0 saturated carbocycles. The largest absolute Gasteiger partial charge is 0.355 e. The molecule has 1 heterocycles. The second-order valence-corrected chi connectivity index (χ2v) is 7.28. The van der Waals surface area contributed by atoms with Crippen LogP contribution in [0.2, 0.25) is 5.02 Å². The maximum absolute atomic E-state index is 12.4. The number of nitrogens with one attached hydrogen (secondary N) is 1. The standard InChI is InChI=1S/C11H12BrClN2O3S/c12-9-7-8(1-2-10(9)13)19(17,18)15-5-3-11(16)14-4-6-15/h1-2,7H,3-6H2,(H,14,16). The summed E-state index contributed by atoms with van der Waals surface area (Å²) in [6, 6.07) is 4.46. The third-order valence-electron chi connectivity index (χ3n) is 2.80. The first kappa shape index (κ1) is 14.8. The van der Waals surface area contributed by atoms with Gasteiger partial charge < -0.3 is 5.32 Å². The van der Waals surface area contributed by atoms with E-state index in [0.29, 0.717) is 16.0 Å². The third-order valence-corrected chi connectivity index (χ3v) is 5.91. The summed E-state index contributed by atoms with van der Waals surface area (Å²) < 4.78 is 26.7. The summed E-state index contributed by atoms with van der Waals surface area (Å²) >= 11 is 9.06. The number of halogens is 2. The van der Waals surface area contributed by atoms with Crippen LogP contribution in [-0.2, 0) is 14.8 Å². The molecule has 104 valence electrons. The molecule has 19 heavy (non-hydrogen) atoms. The Kier molecular flexibility index (Phi) is 4.50. The fraction of sp³-hybridized carbons (Fsp3) is 0.364. The van der Waals surface area contributed by atoms with E-state index >= 15 is 0 Å². The zero-order valence-electron chi connectivity index (χ0n) is 9.90. The minimum Gasteiger partial charge on any atom is -0.355 e. The molecule has 1 amide bonds. The molecule has 1 N–H and O–H groups in total. The van der Waals surface area contributed by atoms with Crippen LogP contribution in [0.15, 0.2) is 27.6 Å². The Morgan fingerprint density at radius 3 is 2.74 bits per heavy atom. The van der Waals surface area contributed by atoms with Crippen LogP contribution in [0.1, 0.15) is 6.42 Å². The summed E-state index contributed by atoms with van der Waals surface area (Å²) in [7, 11) is -3.60. The van der Waals surface area contributed by atoms with E-state index in [9.17, 15) is 13.2 Å². The highest BCUT2D eigenvalue weighted by Gasteiger charge is 2.27. The highest BCUT2D eigenvalue weighted by Crippen LogP contribution is 2.27. The average molecular weight is 368 g/mol. The lowest BCUT2D eigenvalue weighted by molar-refractivity contribution is -0.120. The lowest BCUT2D eigenvalue weighted by atomic mass is 10.4. The molecule has 0 aliphatic carbocycles. The number of carbonyl (C=O) groups excluding carboxylic acids is 1. The van der Waals surface area contributed by atoms with Gasteiger partial charge in [0.15, 0.2) is 0 Å². The second-order valence-electron chi connectivity index (χ2n) is 4.08. The van der Waals surface area contributed by atoms with Crippen molar-refractivity contribution in [2.75, 3.05) is 19.6 Å². The Hall–Kier alpha value is -0.630. The van der Waals surface area contributed by atoms with E-state index in [1.54, 1.807) is 0 Å². The normalized spacial score (nSPS) is 17.9. The average Bonchev–Trinajstić information content (AvgIpc) is 2.57. The summed E-state index contributed by atoms with van der Waals surface area (Å²) in [5.74, 6) is -0.130. The Morgan fingerprint density at radius 2 is 2.05 bits per heavy atom. The van der Waals surface area contributed by atoms with Crippen molar-refractivity contribution in [3.8, 4) is 0 Å². The van der Waals surface area contributed by atoms with Gasteiger partial charge in [0, 0.05) is 30.5 Å². The third kappa shape index (κ3) is 3.28. The molecule has 2 rings (SSSR count). The van der Waals surface area contributed by atoms with Crippen molar-refractivity contribution in [3.63, 3.8) is 0 Å². The van der Waals surface area contributed by atoms with Crippen LogP contribution in [0, 0.1) is 0 Å². The number of carbonyl (C=O) groups is 1. The molecule has 0 aromatic heterocycles. The van der Waals surface area contributed by atoms with Gasteiger partial charge in [0.2, 0.25) is 15.9 Å². The Morgan fingerprint density at radius 1 is 1.32 bits per heavy atom. The van der Waals surface area contributed by atoms with E-state index in [1.807, 2.05) is 0 Å². The zero-order valence-corrected chi connectivity index (χ0v) is 13.1. The van der Waals surface area contributed by atoms with Crippen LogP contribution in [-0.4, -0.2) is 38.3 Å². The Balaban J connectivity index is 2.30. The second kappa shape index (κ2) is 5.78. The van der Waals surface area contributed by atoms with Gasteiger partial charge in [-0.25, -0.2) is 8.42 Å². The minimum absolute atomic E-state index is 0.130. The predicted octanol–water partition coefficient (Wildman–Crippen LogP) is 1.61. The molecule has 5 nitrogen and oxygen atoms in total. The monoisotopic (exact) mass is 366 g/mol. The molecule has 0 radical (unpaired) electrons. The van der Waals surface area contributed by atoms with E-state index in [0.717, 1.165) is 0 Å². The van der Waals surface area contributed by atoms with Crippen LogP contribution in [0.25, 0.3) is 0 Å². The fourth-order valence-corrected chi connectivity index (χ4v) is 3.89. The topological polar surface area (TPSA) is 66.5 Å². The highest BCUT2D eigenvalue weighted by molar-refractivity contribution is 9.10.